The fraction of sp³-hybridized carbons (Fsp3) is 0.412. The first-order valence-corrected chi connectivity index (χ1v) is 8.04. The lowest BCUT2D eigenvalue weighted by atomic mass is 10.1. The van der Waals surface area contributed by atoms with Crippen LogP contribution in [-0.4, -0.2) is 42.7 Å². The van der Waals surface area contributed by atoms with Crippen LogP contribution >= 0.6 is 0 Å². The molecule has 0 amide bonds. The second-order valence-corrected chi connectivity index (χ2v) is 5.59. The molecule has 0 aliphatic carbocycles. The molecule has 1 fully saturated rings. The zero-order valence-corrected chi connectivity index (χ0v) is 13.4. The van der Waals surface area contributed by atoms with Gasteiger partial charge in [0, 0.05) is 45.1 Å². The average Bonchev–Trinajstić information content (AvgIpc) is 2.62. The minimum Gasteiger partial charge on any atom is -0.366 e. The van der Waals surface area contributed by atoms with Crippen LogP contribution in [0.5, 0.6) is 0 Å². The van der Waals surface area contributed by atoms with Crippen molar-refractivity contribution in [2.45, 2.75) is 13.5 Å². The highest BCUT2D eigenvalue weighted by Crippen LogP contribution is 2.23. The largest absolute Gasteiger partial charge is 0.366 e. The molecule has 2 heterocycles. The Labute approximate surface area is 136 Å². The molecular weight excluding hydrogens is 293 g/mol. The molecule has 1 aliphatic rings. The lowest BCUT2D eigenvalue weighted by Gasteiger charge is -2.36. The van der Waals surface area contributed by atoms with Gasteiger partial charge in [0.15, 0.2) is 0 Å². The van der Waals surface area contributed by atoms with Crippen molar-refractivity contribution in [1.29, 1.82) is 0 Å². The molecule has 0 radical (unpaired) electrons. The predicted octanol–water partition coefficient (Wildman–Crippen LogP) is 2.05. The number of piperazine rings is 1. The molecule has 6 heteroatoms. The summed E-state index contributed by atoms with van der Waals surface area (Å²) in [5.74, 6) is 0.586. The van der Waals surface area contributed by atoms with Gasteiger partial charge in [0.1, 0.15) is 5.82 Å². The predicted molar refractivity (Wildman–Crippen MR) is 90.2 cm³/mol. The van der Waals surface area contributed by atoms with Crippen molar-refractivity contribution < 1.29 is 4.39 Å². The van der Waals surface area contributed by atoms with Gasteiger partial charge in [-0.05, 0) is 30.3 Å². The van der Waals surface area contributed by atoms with Crippen molar-refractivity contribution in [1.82, 2.24) is 15.3 Å². The van der Waals surface area contributed by atoms with Crippen LogP contribution in [0.1, 0.15) is 12.5 Å². The highest BCUT2D eigenvalue weighted by atomic mass is 19.1. The van der Waals surface area contributed by atoms with Gasteiger partial charge in [0.2, 0.25) is 5.95 Å². The summed E-state index contributed by atoms with van der Waals surface area (Å²) >= 11 is 0. The number of benzene rings is 1. The normalized spacial score (nSPS) is 15.0. The number of halogens is 1. The van der Waals surface area contributed by atoms with Crippen LogP contribution in [0.3, 0.4) is 0 Å². The molecule has 0 saturated carbocycles. The minimum absolute atomic E-state index is 0.158. The summed E-state index contributed by atoms with van der Waals surface area (Å²) in [4.78, 5) is 12.8. The fourth-order valence-corrected chi connectivity index (χ4v) is 2.78. The van der Waals surface area contributed by atoms with Gasteiger partial charge in [0.25, 0.3) is 0 Å². The maximum absolute atomic E-state index is 14.2. The Morgan fingerprint density at radius 1 is 1.09 bits per heavy atom. The second-order valence-electron chi connectivity index (χ2n) is 5.59. The molecule has 1 aromatic carbocycles. The average molecular weight is 315 g/mol. The number of nitrogens with zero attached hydrogens (tertiary/aromatic N) is 4. The quantitative estimate of drug-likeness (QED) is 0.915. The number of rotatable bonds is 5. The molecule has 23 heavy (non-hydrogen) atoms. The highest BCUT2D eigenvalue weighted by molar-refractivity contribution is 5.51. The van der Waals surface area contributed by atoms with Crippen LogP contribution in [0.4, 0.5) is 16.0 Å². The third-order valence-electron chi connectivity index (χ3n) is 4.05. The van der Waals surface area contributed by atoms with Gasteiger partial charge in [-0.3, -0.25) is 0 Å². The van der Waals surface area contributed by atoms with E-state index in [0.717, 1.165) is 50.8 Å². The van der Waals surface area contributed by atoms with Crippen molar-refractivity contribution in [3.8, 4) is 0 Å². The van der Waals surface area contributed by atoms with Gasteiger partial charge < -0.3 is 15.1 Å². The fourth-order valence-electron chi connectivity index (χ4n) is 2.78. The van der Waals surface area contributed by atoms with Crippen LogP contribution in [0.15, 0.2) is 36.7 Å². The molecular formula is C17H22FN5. The Hall–Kier alpha value is -2.21. The summed E-state index contributed by atoms with van der Waals surface area (Å²) in [6.07, 6.45) is 3.50. The van der Waals surface area contributed by atoms with E-state index in [1.54, 1.807) is 18.5 Å². The number of anilines is 2. The minimum atomic E-state index is -0.158. The van der Waals surface area contributed by atoms with Gasteiger partial charge in [-0.25, -0.2) is 14.4 Å². The third kappa shape index (κ3) is 3.76. The van der Waals surface area contributed by atoms with Crippen LogP contribution in [-0.2, 0) is 6.54 Å². The Morgan fingerprint density at radius 2 is 1.78 bits per heavy atom. The molecule has 1 aromatic heterocycles. The van der Waals surface area contributed by atoms with Crippen LogP contribution in [0.2, 0.25) is 0 Å². The van der Waals surface area contributed by atoms with E-state index in [-0.39, 0.29) is 5.82 Å². The summed E-state index contributed by atoms with van der Waals surface area (Å²) in [6.45, 7) is 6.85. The first-order valence-electron chi connectivity index (χ1n) is 8.04. The Kier molecular flexibility index (Phi) is 5.02. The van der Waals surface area contributed by atoms with Crippen molar-refractivity contribution in [2.24, 2.45) is 0 Å². The first-order chi connectivity index (χ1) is 11.3. The van der Waals surface area contributed by atoms with E-state index in [1.807, 2.05) is 18.2 Å². The number of aromatic nitrogens is 2. The van der Waals surface area contributed by atoms with Crippen molar-refractivity contribution in [3.05, 3.63) is 48.0 Å². The molecule has 5 nitrogen and oxygen atoms in total. The zero-order valence-electron chi connectivity index (χ0n) is 13.4. The maximum atomic E-state index is 14.2. The molecule has 0 spiro atoms. The molecule has 1 N–H and O–H groups in total. The van der Waals surface area contributed by atoms with E-state index in [4.69, 9.17) is 0 Å². The standard InChI is InChI=1S/C17H22FN5/c1-2-19-13-14-4-5-15(18)16(12-14)22-8-10-23(11-9-22)17-20-6-3-7-21-17/h3-7,12,19H,2,8-11,13H2,1H3. The first kappa shape index (κ1) is 15.7. The molecule has 1 aliphatic heterocycles. The number of hydrogen-bond acceptors (Lipinski definition) is 5. The van der Waals surface area contributed by atoms with E-state index in [9.17, 15) is 4.39 Å². The molecule has 3 rings (SSSR count). The number of hydrogen-bond donors (Lipinski definition) is 1. The maximum Gasteiger partial charge on any atom is 0.225 e. The Bertz CT molecular complexity index is 626. The van der Waals surface area contributed by atoms with E-state index in [0.29, 0.717) is 5.69 Å². The SMILES string of the molecule is CCNCc1ccc(F)c(N2CCN(c3ncccn3)CC2)c1. The van der Waals surface area contributed by atoms with Gasteiger partial charge in [-0.1, -0.05) is 13.0 Å². The van der Waals surface area contributed by atoms with E-state index in [1.165, 1.54) is 0 Å². The second kappa shape index (κ2) is 7.37. The molecule has 0 bridgehead atoms. The molecule has 1 saturated heterocycles. The zero-order chi connectivity index (χ0) is 16.1. The summed E-state index contributed by atoms with van der Waals surface area (Å²) in [5.41, 5.74) is 1.80. The summed E-state index contributed by atoms with van der Waals surface area (Å²) < 4.78 is 14.2. The van der Waals surface area contributed by atoms with Gasteiger partial charge in [-0.2, -0.15) is 0 Å². The van der Waals surface area contributed by atoms with E-state index in [2.05, 4.69) is 32.0 Å². The Morgan fingerprint density at radius 3 is 2.48 bits per heavy atom. The Balaban J connectivity index is 1.67. The summed E-state index contributed by atoms with van der Waals surface area (Å²) in [5, 5.41) is 3.28. The third-order valence-corrected chi connectivity index (χ3v) is 4.05. The lowest BCUT2D eigenvalue weighted by molar-refractivity contribution is 0.592. The molecule has 0 atom stereocenters. The molecule has 2 aromatic rings. The number of nitrogens with one attached hydrogen (secondary N) is 1. The molecule has 0 unspecified atom stereocenters. The van der Waals surface area contributed by atoms with Crippen molar-refractivity contribution in [3.63, 3.8) is 0 Å². The van der Waals surface area contributed by atoms with Crippen LogP contribution in [0.25, 0.3) is 0 Å². The van der Waals surface area contributed by atoms with Gasteiger partial charge in [0.05, 0.1) is 5.69 Å². The topological polar surface area (TPSA) is 44.3 Å². The van der Waals surface area contributed by atoms with E-state index < -0.39 is 0 Å². The highest BCUT2D eigenvalue weighted by Gasteiger charge is 2.21. The lowest BCUT2D eigenvalue weighted by Crippen LogP contribution is -2.47. The van der Waals surface area contributed by atoms with Gasteiger partial charge >= 0.3 is 0 Å². The summed E-state index contributed by atoms with van der Waals surface area (Å²) in [7, 11) is 0. The van der Waals surface area contributed by atoms with E-state index >= 15 is 0 Å². The smallest absolute Gasteiger partial charge is 0.225 e. The van der Waals surface area contributed by atoms with Crippen LogP contribution in [0, 0.1) is 5.82 Å². The molecule has 122 valence electrons. The summed E-state index contributed by atoms with van der Waals surface area (Å²) in [6, 6.07) is 7.17. The van der Waals surface area contributed by atoms with Crippen molar-refractivity contribution in [2.75, 3.05) is 42.5 Å². The monoisotopic (exact) mass is 315 g/mol. The van der Waals surface area contributed by atoms with Crippen LogP contribution < -0.4 is 15.1 Å². The van der Waals surface area contributed by atoms with Gasteiger partial charge in [-0.15, -0.1) is 0 Å². The van der Waals surface area contributed by atoms with Crippen molar-refractivity contribution >= 4 is 11.6 Å².